The van der Waals surface area contributed by atoms with E-state index in [9.17, 15) is 9.59 Å². The van der Waals surface area contributed by atoms with Crippen LogP contribution in [-0.2, 0) is 14.3 Å². The summed E-state index contributed by atoms with van der Waals surface area (Å²) in [5.41, 5.74) is 2.17. The first-order valence-electron chi connectivity index (χ1n) is 9.66. The number of nitrogens with one attached hydrogen (secondary N) is 1. The van der Waals surface area contributed by atoms with Crippen LogP contribution in [0.2, 0.25) is 0 Å². The summed E-state index contributed by atoms with van der Waals surface area (Å²) in [5.74, 6) is -0.726. The Bertz CT molecular complexity index is 642. The maximum Gasteiger partial charge on any atom is 0.331 e. The van der Waals surface area contributed by atoms with Gasteiger partial charge in [0, 0.05) is 30.9 Å². The molecule has 0 bridgehead atoms. The summed E-state index contributed by atoms with van der Waals surface area (Å²) in [6, 6.07) is 8.48. The fourth-order valence-electron chi connectivity index (χ4n) is 3.10. The average Bonchev–Trinajstić information content (AvgIpc) is 3.47. The van der Waals surface area contributed by atoms with E-state index in [4.69, 9.17) is 4.74 Å². The Kier molecular flexibility index (Phi) is 6.31. The quantitative estimate of drug-likeness (QED) is 0.628. The zero-order chi connectivity index (χ0) is 18.4. The molecule has 1 amide bonds. The van der Waals surface area contributed by atoms with Gasteiger partial charge in [-0.3, -0.25) is 4.79 Å². The SMILES string of the molecule is C[C@@H](OC(=O)/C=C/c1ccc(N2CCCCCC2)cc1)C(=O)NC1CC1. The third kappa shape index (κ3) is 5.61. The number of nitrogens with zero attached hydrogens (tertiary/aromatic N) is 1. The molecule has 1 atom stereocenters. The van der Waals surface area contributed by atoms with Crippen LogP contribution in [0.25, 0.3) is 6.08 Å². The summed E-state index contributed by atoms with van der Waals surface area (Å²) >= 11 is 0. The smallest absolute Gasteiger partial charge is 0.331 e. The minimum absolute atomic E-state index is 0.226. The van der Waals surface area contributed by atoms with Crippen LogP contribution < -0.4 is 10.2 Å². The summed E-state index contributed by atoms with van der Waals surface area (Å²) < 4.78 is 5.15. The molecule has 1 heterocycles. The van der Waals surface area contributed by atoms with E-state index in [2.05, 4.69) is 22.3 Å². The van der Waals surface area contributed by atoms with Gasteiger partial charge in [-0.1, -0.05) is 25.0 Å². The van der Waals surface area contributed by atoms with Gasteiger partial charge in [0.25, 0.3) is 5.91 Å². The lowest BCUT2D eigenvalue weighted by molar-refractivity contribution is -0.150. The molecule has 2 fully saturated rings. The molecular weight excluding hydrogens is 328 g/mol. The van der Waals surface area contributed by atoms with Crippen LogP contribution in [0.5, 0.6) is 0 Å². The molecule has 0 aromatic heterocycles. The van der Waals surface area contributed by atoms with Crippen molar-refractivity contribution in [2.24, 2.45) is 0 Å². The van der Waals surface area contributed by atoms with Crippen LogP contribution in [0.4, 0.5) is 5.69 Å². The van der Waals surface area contributed by atoms with Crippen molar-refractivity contribution in [3.8, 4) is 0 Å². The molecule has 0 radical (unpaired) electrons. The van der Waals surface area contributed by atoms with Crippen molar-refractivity contribution in [3.63, 3.8) is 0 Å². The van der Waals surface area contributed by atoms with E-state index in [0.717, 1.165) is 31.5 Å². The van der Waals surface area contributed by atoms with Crippen molar-refractivity contribution in [1.82, 2.24) is 5.32 Å². The Hall–Kier alpha value is -2.30. The zero-order valence-corrected chi connectivity index (χ0v) is 15.4. The number of benzene rings is 1. The van der Waals surface area contributed by atoms with Crippen molar-refractivity contribution >= 4 is 23.6 Å². The summed E-state index contributed by atoms with van der Waals surface area (Å²) in [6.45, 7) is 3.82. The first-order valence-corrected chi connectivity index (χ1v) is 9.66. The van der Waals surface area contributed by atoms with Crippen LogP contribution >= 0.6 is 0 Å². The predicted molar refractivity (Wildman–Crippen MR) is 103 cm³/mol. The van der Waals surface area contributed by atoms with E-state index in [-0.39, 0.29) is 11.9 Å². The molecule has 1 N–H and O–H groups in total. The maximum absolute atomic E-state index is 11.9. The number of amides is 1. The first-order chi connectivity index (χ1) is 12.6. The van der Waals surface area contributed by atoms with Crippen molar-refractivity contribution < 1.29 is 14.3 Å². The van der Waals surface area contributed by atoms with E-state index in [1.165, 1.54) is 37.4 Å². The molecule has 1 saturated carbocycles. The Morgan fingerprint density at radius 1 is 1.12 bits per heavy atom. The lowest BCUT2D eigenvalue weighted by atomic mass is 10.1. The van der Waals surface area contributed by atoms with E-state index in [1.807, 2.05) is 12.1 Å². The lowest BCUT2D eigenvalue weighted by Gasteiger charge is -2.22. The highest BCUT2D eigenvalue weighted by Crippen LogP contribution is 2.21. The highest BCUT2D eigenvalue weighted by atomic mass is 16.5. The van der Waals surface area contributed by atoms with Gasteiger partial charge in [-0.25, -0.2) is 4.79 Å². The Labute approximate surface area is 155 Å². The fraction of sp³-hybridized carbons (Fsp3) is 0.524. The molecule has 1 aliphatic heterocycles. The average molecular weight is 356 g/mol. The first kappa shape index (κ1) is 18.5. The molecule has 1 saturated heterocycles. The van der Waals surface area contributed by atoms with Gasteiger partial charge in [0.2, 0.25) is 0 Å². The monoisotopic (exact) mass is 356 g/mol. The van der Waals surface area contributed by atoms with Gasteiger partial charge < -0.3 is 15.0 Å². The Balaban J connectivity index is 1.49. The highest BCUT2D eigenvalue weighted by molar-refractivity contribution is 5.90. The van der Waals surface area contributed by atoms with Gasteiger partial charge in [0.1, 0.15) is 0 Å². The molecular formula is C21H28N2O3. The minimum atomic E-state index is -0.766. The standard InChI is InChI=1S/C21H28N2O3/c1-16(21(25)22-18-9-10-18)26-20(24)13-8-17-6-11-19(12-7-17)23-14-4-2-3-5-15-23/h6-8,11-13,16,18H,2-5,9-10,14-15H2,1H3,(H,22,25)/b13-8+/t16-/m1/s1. The molecule has 1 aromatic rings. The van der Waals surface area contributed by atoms with Crippen LogP contribution in [0.1, 0.15) is 51.0 Å². The topological polar surface area (TPSA) is 58.6 Å². The van der Waals surface area contributed by atoms with Gasteiger partial charge in [0.15, 0.2) is 6.10 Å². The van der Waals surface area contributed by atoms with Crippen molar-refractivity contribution in [2.75, 3.05) is 18.0 Å². The molecule has 1 aliphatic carbocycles. The summed E-state index contributed by atoms with van der Waals surface area (Å²) in [4.78, 5) is 26.1. The molecule has 5 heteroatoms. The van der Waals surface area contributed by atoms with Crippen molar-refractivity contribution in [3.05, 3.63) is 35.9 Å². The number of esters is 1. The second-order valence-electron chi connectivity index (χ2n) is 7.19. The second kappa shape index (κ2) is 8.88. The normalized spacial score (nSPS) is 19.0. The number of ether oxygens (including phenoxy) is 1. The predicted octanol–water partition coefficient (Wildman–Crippen LogP) is 3.29. The van der Waals surface area contributed by atoms with Crippen LogP contribution in [0.3, 0.4) is 0 Å². The molecule has 140 valence electrons. The zero-order valence-electron chi connectivity index (χ0n) is 15.4. The second-order valence-corrected chi connectivity index (χ2v) is 7.19. The molecule has 26 heavy (non-hydrogen) atoms. The number of anilines is 1. The minimum Gasteiger partial charge on any atom is -0.449 e. The van der Waals surface area contributed by atoms with Gasteiger partial charge in [-0.05, 0) is 56.4 Å². The van der Waals surface area contributed by atoms with Crippen molar-refractivity contribution in [2.45, 2.75) is 57.6 Å². The van der Waals surface area contributed by atoms with Gasteiger partial charge in [0.05, 0.1) is 0 Å². The third-order valence-electron chi connectivity index (χ3n) is 4.86. The molecule has 5 nitrogen and oxygen atoms in total. The van der Waals surface area contributed by atoms with E-state index < -0.39 is 12.1 Å². The Morgan fingerprint density at radius 3 is 2.38 bits per heavy atom. The molecule has 0 spiro atoms. The van der Waals surface area contributed by atoms with Crippen LogP contribution in [-0.4, -0.2) is 37.1 Å². The molecule has 2 aliphatic rings. The number of carbonyl (C=O) groups excluding carboxylic acids is 2. The molecule has 1 aromatic carbocycles. The molecule has 0 unspecified atom stereocenters. The van der Waals surface area contributed by atoms with E-state index in [1.54, 1.807) is 13.0 Å². The summed E-state index contributed by atoms with van der Waals surface area (Å²) in [6.07, 6.45) is 9.49. The number of hydrogen-bond acceptors (Lipinski definition) is 4. The third-order valence-corrected chi connectivity index (χ3v) is 4.86. The largest absolute Gasteiger partial charge is 0.449 e. The number of carbonyl (C=O) groups is 2. The lowest BCUT2D eigenvalue weighted by Crippen LogP contribution is -2.36. The maximum atomic E-state index is 11.9. The van der Waals surface area contributed by atoms with Gasteiger partial charge in [-0.15, -0.1) is 0 Å². The summed E-state index contributed by atoms with van der Waals surface area (Å²) in [7, 11) is 0. The van der Waals surface area contributed by atoms with Gasteiger partial charge in [-0.2, -0.15) is 0 Å². The van der Waals surface area contributed by atoms with Crippen LogP contribution in [0, 0.1) is 0 Å². The number of hydrogen-bond donors (Lipinski definition) is 1. The fourth-order valence-corrected chi connectivity index (χ4v) is 3.10. The van der Waals surface area contributed by atoms with E-state index >= 15 is 0 Å². The van der Waals surface area contributed by atoms with Gasteiger partial charge >= 0.3 is 5.97 Å². The summed E-state index contributed by atoms with van der Waals surface area (Å²) in [5, 5.41) is 2.83. The molecule has 3 rings (SSSR count). The van der Waals surface area contributed by atoms with Crippen molar-refractivity contribution in [1.29, 1.82) is 0 Å². The Morgan fingerprint density at radius 2 is 1.77 bits per heavy atom. The highest BCUT2D eigenvalue weighted by Gasteiger charge is 2.26. The number of rotatable bonds is 6. The van der Waals surface area contributed by atoms with E-state index in [0.29, 0.717) is 0 Å². The van der Waals surface area contributed by atoms with Crippen LogP contribution in [0.15, 0.2) is 30.3 Å².